The predicted molar refractivity (Wildman–Crippen MR) is 72.7 cm³/mol. The van der Waals surface area contributed by atoms with Crippen LogP contribution in [0.25, 0.3) is 0 Å². The molecule has 0 aliphatic rings. The summed E-state index contributed by atoms with van der Waals surface area (Å²) in [5.74, 6) is 0.322. The second kappa shape index (κ2) is 5.45. The molecule has 1 aromatic heterocycles. The number of pyridine rings is 1. The molecule has 2 rings (SSSR count). The van der Waals surface area contributed by atoms with Gasteiger partial charge >= 0.3 is 0 Å². The van der Waals surface area contributed by atoms with Gasteiger partial charge in [-0.3, -0.25) is 9.78 Å². The molecule has 0 bridgehead atoms. The zero-order chi connectivity index (χ0) is 13.0. The maximum absolute atomic E-state index is 12.1. The molecule has 92 valence electrons. The van der Waals surface area contributed by atoms with E-state index in [0.717, 1.165) is 11.3 Å². The maximum Gasteiger partial charge on any atom is 0.255 e. The van der Waals surface area contributed by atoms with Crippen LogP contribution in [0.2, 0.25) is 0 Å². The Labute approximate surface area is 107 Å². The number of amides is 1. The Morgan fingerprint density at radius 1 is 1.17 bits per heavy atom. The minimum atomic E-state index is -0.0938. The van der Waals surface area contributed by atoms with Crippen LogP contribution in [-0.2, 0) is 0 Å². The molecule has 0 aliphatic heterocycles. The van der Waals surface area contributed by atoms with Gasteiger partial charge < -0.3 is 5.32 Å². The van der Waals surface area contributed by atoms with Gasteiger partial charge in [0.1, 0.15) is 0 Å². The highest BCUT2D eigenvalue weighted by Gasteiger charge is 2.07. The SMILES string of the molecule is CC(C)c1cccc(C(=O)Nc2ccncc2)c1. The van der Waals surface area contributed by atoms with Crippen LogP contribution < -0.4 is 5.32 Å². The summed E-state index contributed by atoms with van der Waals surface area (Å²) in [6, 6.07) is 11.2. The molecule has 0 atom stereocenters. The molecule has 0 saturated carbocycles. The van der Waals surface area contributed by atoms with E-state index in [1.54, 1.807) is 24.5 Å². The first-order valence-electron chi connectivity index (χ1n) is 5.98. The lowest BCUT2D eigenvalue weighted by Crippen LogP contribution is -2.12. The monoisotopic (exact) mass is 240 g/mol. The molecule has 1 N–H and O–H groups in total. The minimum Gasteiger partial charge on any atom is -0.322 e. The molecule has 0 unspecified atom stereocenters. The van der Waals surface area contributed by atoms with E-state index in [1.807, 2.05) is 24.3 Å². The second-order valence-corrected chi connectivity index (χ2v) is 4.47. The van der Waals surface area contributed by atoms with Crippen molar-refractivity contribution in [3.8, 4) is 0 Å². The number of aromatic nitrogens is 1. The van der Waals surface area contributed by atoms with Gasteiger partial charge in [0.05, 0.1) is 0 Å². The van der Waals surface area contributed by atoms with Crippen molar-refractivity contribution in [3.05, 3.63) is 59.9 Å². The summed E-state index contributed by atoms with van der Waals surface area (Å²) in [4.78, 5) is 16.0. The molecule has 18 heavy (non-hydrogen) atoms. The topological polar surface area (TPSA) is 42.0 Å². The summed E-state index contributed by atoms with van der Waals surface area (Å²) in [6.45, 7) is 4.22. The Kier molecular flexibility index (Phi) is 3.72. The molecule has 3 heteroatoms. The molecular formula is C15H16N2O. The minimum absolute atomic E-state index is 0.0938. The van der Waals surface area contributed by atoms with E-state index >= 15 is 0 Å². The van der Waals surface area contributed by atoms with Crippen molar-refractivity contribution in [2.75, 3.05) is 5.32 Å². The van der Waals surface area contributed by atoms with Crippen molar-refractivity contribution in [3.63, 3.8) is 0 Å². The van der Waals surface area contributed by atoms with Gasteiger partial charge in [0.25, 0.3) is 5.91 Å². The maximum atomic E-state index is 12.1. The quantitative estimate of drug-likeness (QED) is 0.892. The van der Waals surface area contributed by atoms with Gasteiger partial charge in [0, 0.05) is 23.6 Å². The van der Waals surface area contributed by atoms with Gasteiger partial charge in [-0.05, 0) is 35.7 Å². The first-order chi connectivity index (χ1) is 8.66. The summed E-state index contributed by atoms with van der Waals surface area (Å²) in [7, 11) is 0. The van der Waals surface area contributed by atoms with Gasteiger partial charge in [-0.15, -0.1) is 0 Å². The van der Waals surface area contributed by atoms with Crippen molar-refractivity contribution in [1.29, 1.82) is 0 Å². The second-order valence-electron chi connectivity index (χ2n) is 4.47. The van der Waals surface area contributed by atoms with Crippen molar-refractivity contribution in [2.24, 2.45) is 0 Å². The van der Waals surface area contributed by atoms with Crippen molar-refractivity contribution in [2.45, 2.75) is 19.8 Å². The van der Waals surface area contributed by atoms with Gasteiger partial charge in [0.15, 0.2) is 0 Å². The van der Waals surface area contributed by atoms with E-state index in [2.05, 4.69) is 24.1 Å². The molecule has 0 spiro atoms. The van der Waals surface area contributed by atoms with E-state index in [-0.39, 0.29) is 5.91 Å². The van der Waals surface area contributed by atoms with Gasteiger partial charge in [-0.25, -0.2) is 0 Å². The Bertz CT molecular complexity index is 535. The molecule has 3 nitrogen and oxygen atoms in total. The summed E-state index contributed by atoms with van der Waals surface area (Å²) in [5, 5.41) is 2.85. The first kappa shape index (κ1) is 12.3. The largest absolute Gasteiger partial charge is 0.322 e. The third-order valence-electron chi connectivity index (χ3n) is 2.75. The number of nitrogens with zero attached hydrogens (tertiary/aromatic N) is 1. The van der Waals surface area contributed by atoms with Crippen LogP contribution in [0.1, 0.15) is 35.7 Å². The summed E-state index contributed by atoms with van der Waals surface area (Å²) >= 11 is 0. The molecule has 1 heterocycles. The normalized spacial score (nSPS) is 10.4. The van der Waals surface area contributed by atoms with Gasteiger partial charge in [-0.1, -0.05) is 26.0 Å². The molecule has 1 amide bonds. The Morgan fingerprint density at radius 2 is 1.89 bits per heavy atom. The number of carbonyl (C=O) groups is 1. The zero-order valence-corrected chi connectivity index (χ0v) is 10.6. The lowest BCUT2D eigenvalue weighted by molar-refractivity contribution is 0.102. The van der Waals surface area contributed by atoms with E-state index < -0.39 is 0 Å². The standard InChI is InChI=1S/C15H16N2O/c1-11(2)12-4-3-5-13(10-12)15(18)17-14-6-8-16-9-7-14/h3-11H,1-2H3,(H,16,17,18). The number of benzene rings is 1. The van der Waals surface area contributed by atoms with Crippen LogP contribution in [-0.4, -0.2) is 10.9 Å². The van der Waals surface area contributed by atoms with Crippen LogP contribution in [0.15, 0.2) is 48.8 Å². The number of anilines is 1. The summed E-state index contributed by atoms with van der Waals surface area (Å²) in [6.07, 6.45) is 3.31. The average Bonchev–Trinajstić information content (AvgIpc) is 2.40. The van der Waals surface area contributed by atoms with Crippen LogP contribution >= 0.6 is 0 Å². The van der Waals surface area contributed by atoms with Crippen LogP contribution in [0, 0.1) is 0 Å². The molecule has 1 aromatic carbocycles. The number of nitrogens with one attached hydrogen (secondary N) is 1. The predicted octanol–water partition coefficient (Wildman–Crippen LogP) is 3.46. The first-order valence-corrected chi connectivity index (χ1v) is 5.98. The fourth-order valence-corrected chi connectivity index (χ4v) is 1.68. The van der Waals surface area contributed by atoms with Crippen LogP contribution in [0.5, 0.6) is 0 Å². The van der Waals surface area contributed by atoms with Gasteiger partial charge in [0.2, 0.25) is 0 Å². The average molecular weight is 240 g/mol. The Balaban J connectivity index is 2.16. The smallest absolute Gasteiger partial charge is 0.255 e. The fourth-order valence-electron chi connectivity index (χ4n) is 1.68. The molecule has 0 fully saturated rings. The van der Waals surface area contributed by atoms with Crippen molar-refractivity contribution < 1.29 is 4.79 Å². The van der Waals surface area contributed by atoms with E-state index in [4.69, 9.17) is 0 Å². The summed E-state index contributed by atoms with van der Waals surface area (Å²) in [5.41, 5.74) is 2.60. The lowest BCUT2D eigenvalue weighted by atomic mass is 10.0. The number of hydrogen-bond donors (Lipinski definition) is 1. The number of hydrogen-bond acceptors (Lipinski definition) is 2. The molecule has 0 saturated heterocycles. The van der Waals surface area contributed by atoms with E-state index in [9.17, 15) is 4.79 Å². The number of rotatable bonds is 3. The fraction of sp³-hybridized carbons (Fsp3) is 0.200. The zero-order valence-electron chi connectivity index (χ0n) is 10.6. The van der Waals surface area contributed by atoms with Crippen LogP contribution in [0.3, 0.4) is 0 Å². The van der Waals surface area contributed by atoms with E-state index in [1.165, 1.54) is 0 Å². The van der Waals surface area contributed by atoms with Crippen molar-refractivity contribution >= 4 is 11.6 Å². The van der Waals surface area contributed by atoms with Gasteiger partial charge in [-0.2, -0.15) is 0 Å². The van der Waals surface area contributed by atoms with Crippen LogP contribution in [0.4, 0.5) is 5.69 Å². The molecular weight excluding hydrogens is 224 g/mol. The molecule has 0 radical (unpaired) electrons. The number of carbonyl (C=O) groups excluding carboxylic acids is 1. The summed E-state index contributed by atoms with van der Waals surface area (Å²) < 4.78 is 0. The van der Waals surface area contributed by atoms with Crippen molar-refractivity contribution in [1.82, 2.24) is 4.98 Å². The molecule has 0 aliphatic carbocycles. The Morgan fingerprint density at radius 3 is 2.56 bits per heavy atom. The highest BCUT2D eigenvalue weighted by atomic mass is 16.1. The third-order valence-corrected chi connectivity index (χ3v) is 2.75. The molecule has 2 aromatic rings. The lowest BCUT2D eigenvalue weighted by Gasteiger charge is -2.08. The highest BCUT2D eigenvalue weighted by molar-refractivity contribution is 6.04. The highest BCUT2D eigenvalue weighted by Crippen LogP contribution is 2.16. The Hall–Kier alpha value is -2.16. The van der Waals surface area contributed by atoms with E-state index in [0.29, 0.717) is 11.5 Å². The third kappa shape index (κ3) is 2.94.